The number of amides is 1. The monoisotopic (exact) mass is 307 g/mol. The van der Waals surface area contributed by atoms with Crippen molar-refractivity contribution in [1.29, 1.82) is 0 Å². The van der Waals surface area contributed by atoms with Crippen LogP contribution in [0, 0.1) is 6.92 Å². The second-order valence-electron chi connectivity index (χ2n) is 4.34. The number of halogens is 1. The second-order valence-corrected chi connectivity index (χ2v) is 5.25. The van der Waals surface area contributed by atoms with E-state index in [0.29, 0.717) is 12.1 Å². The van der Waals surface area contributed by atoms with E-state index >= 15 is 0 Å². The Morgan fingerprint density at radius 1 is 1.39 bits per heavy atom. The molecule has 0 atom stereocenters. The Bertz CT molecular complexity index is 537. The van der Waals surface area contributed by atoms with Crippen LogP contribution in [-0.4, -0.2) is 18.2 Å². The average Bonchev–Trinajstić information content (AvgIpc) is 2.55. The van der Waals surface area contributed by atoms with Crippen LogP contribution in [0.25, 0.3) is 0 Å². The number of carbonyl (C=O) groups is 2. The van der Waals surface area contributed by atoms with Gasteiger partial charge in [-0.25, -0.2) is 0 Å². The maximum Gasteiger partial charge on any atom is 0.299 e. The number of unbranched alkanes of at least 4 members (excludes halogenated alkanes) is 1. The number of allylic oxidation sites excluding steroid dienone is 1. The first-order chi connectivity index (χ1) is 8.56. The van der Waals surface area contributed by atoms with Gasteiger partial charge in [-0.2, -0.15) is 0 Å². The number of fused-ring (bicyclic) bond motifs is 1. The molecule has 0 aromatic heterocycles. The number of anilines is 1. The summed E-state index contributed by atoms with van der Waals surface area (Å²) >= 11 is 3.35. The van der Waals surface area contributed by atoms with Crippen molar-refractivity contribution in [1.82, 2.24) is 0 Å². The van der Waals surface area contributed by atoms with E-state index in [2.05, 4.69) is 22.5 Å². The first kappa shape index (κ1) is 13.0. The summed E-state index contributed by atoms with van der Waals surface area (Å²) in [5.41, 5.74) is 2.21. The largest absolute Gasteiger partial charge is 0.304 e. The lowest BCUT2D eigenvalue weighted by Crippen LogP contribution is -2.30. The highest BCUT2D eigenvalue weighted by Crippen LogP contribution is 2.35. The Morgan fingerprint density at radius 2 is 2.11 bits per heavy atom. The van der Waals surface area contributed by atoms with Gasteiger partial charge in [-0.05, 0) is 37.5 Å². The minimum Gasteiger partial charge on any atom is -0.304 e. The summed E-state index contributed by atoms with van der Waals surface area (Å²) in [5, 5.41) is 0. The number of nitrogens with zero attached hydrogens (tertiary/aromatic N) is 1. The van der Waals surface area contributed by atoms with Crippen LogP contribution in [0.2, 0.25) is 0 Å². The number of aryl methyl sites for hydroxylation is 1. The van der Waals surface area contributed by atoms with E-state index in [0.717, 1.165) is 28.6 Å². The molecule has 0 saturated carbocycles. The van der Waals surface area contributed by atoms with Gasteiger partial charge in [0.2, 0.25) is 0 Å². The van der Waals surface area contributed by atoms with E-state index in [4.69, 9.17) is 0 Å². The number of rotatable bonds is 4. The van der Waals surface area contributed by atoms with Gasteiger partial charge in [0.05, 0.1) is 11.3 Å². The standard InChI is InChI=1S/C14H14BrNO2/c1-3-4-5-6-16-12-9(2)7-10(15)8-11(12)13(17)14(16)18/h3,7-8H,1,4-6H2,2H3. The van der Waals surface area contributed by atoms with Crippen LogP contribution in [0.15, 0.2) is 29.3 Å². The van der Waals surface area contributed by atoms with Crippen molar-refractivity contribution in [3.8, 4) is 0 Å². The first-order valence-corrected chi connectivity index (χ1v) is 6.62. The van der Waals surface area contributed by atoms with Crippen LogP contribution in [0.5, 0.6) is 0 Å². The second kappa shape index (κ2) is 5.06. The molecule has 0 aliphatic carbocycles. The van der Waals surface area contributed by atoms with Gasteiger partial charge in [0.25, 0.3) is 11.7 Å². The molecule has 1 aromatic rings. The molecular formula is C14H14BrNO2. The zero-order valence-corrected chi connectivity index (χ0v) is 11.8. The van der Waals surface area contributed by atoms with Gasteiger partial charge in [0.15, 0.2) is 0 Å². The molecular weight excluding hydrogens is 294 g/mol. The lowest BCUT2D eigenvalue weighted by molar-refractivity contribution is -0.114. The van der Waals surface area contributed by atoms with Gasteiger partial charge in [0, 0.05) is 11.0 Å². The van der Waals surface area contributed by atoms with E-state index in [1.807, 2.05) is 19.1 Å². The minimum atomic E-state index is -0.421. The fourth-order valence-electron chi connectivity index (χ4n) is 2.21. The summed E-state index contributed by atoms with van der Waals surface area (Å²) in [7, 11) is 0. The topological polar surface area (TPSA) is 37.4 Å². The van der Waals surface area contributed by atoms with Crippen molar-refractivity contribution in [3.63, 3.8) is 0 Å². The van der Waals surface area contributed by atoms with Crippen LogP contribution in [0.4, 0.5) is 5.69 Å². The van der Waals surface area contributed by atoms with E-state index in [9.17, 15) is 9.59 Å². The van der Waals surface area contributed by atoms with Crippen LogP contribution in [-0.2, 0) is 4.79 Å². The lowest BCUT2D eigenvalue weighted by atomic mass is 10.1. The highest BCUT2D eigenvalue weighted by molar-refractivity contribution is 9.10. The summed E-state index contributed by atoms with van der Waals surface area (Å²) in [5.74, 6) is -0.830. The number of hydrogen-bond donors (Lipinski definition) is 0. The molecule has 0 N–H and O–H groups in total. The van der Waals surface area contributed by atoms with E-state index < -0.39 is 11.7 Å². The van der Waals surface area contributed by atoms with Crippen molar-refractivity contribution < 1.29 is 9.59 Å². The van der Waals surface area contributed by atoms with Crippen LogP contribution >= 0.6 is 15.9 Å². The fourth-order valence-corrected chi connectivity index (χ4v) is 2.79. The van der Waals surface area contributed by atoms with Crippen LogP contribution < -0.4 is 4.90 Å². The Balaban J connectivity index is 2.38. The molecule has 1 aliphatic heterocycles. The predicted molar refractivity (Wildman–Crippen MR) is 75.0 cm³/mol. The average molecular weight is 308 g/mol. The molecule has 1 heterocycles. The summed E-state index contributed by atoms with van der Waals surface area (Å²) in [4.78, 5) is 25.5. The molecule has 18 heavy (non-hydrogen) atoms. The fraction of sp³-hybridized carbons (Fsp3) is 0.286. The summed E-state index contributed by atoms with van der Waals surface area (Å²) in [6.45, 7) is 6.13. The molecule has 1 aliphatic rings. The van der Waals surface area contributed by atoms with E-state index in [-0.39, 0.29) is 0 Å². The summed E-state index contributed by atoms with van der Waals surface area (Å²) in [6.07, 6.45) is 3.47. The van der Waals surface area contributed by atoms with Crippen molar-refractivity contribution in [3.05, 3.63) is 40.4 Å². The zero-order valence-electron chi connectivity index (χ0n) is 10.2. The number of ketones is 1. The molecule has 0 radical (unpaired) electrons. The smallest absolute Gasteiger partial charge is 0.299 e. The van der Waals surface area contributed by atoms with Gasteiger partial charge in [-0.3, -0.25) is 9.59 Å². The molecule has 94 valence electrons. The quantitative estimate of drug-likeness (QED) is 0.486. The first-order valence-electron chi connectivity index (χ1n) is 5.83. The molecule has 1 aromatic carbocycles. The van der Waals surface area contributed by atoms with E-state index in [1.54, 1.807) is 11.0 Å². The SMILES string of the molecule is C=CCCCN1C(=O)C(=O)c2cc(Br)cc(C)c21. The van der Waals surface area contributed by atoms with Crippen molar-refractivity contribution in [2.75, 3.05) is 11.4 Å². The van der Waals surface area contributed by atoms with Crippen LogP contribution in [0.1, 0.15) is 28.8 Å². The maximum absolute atomic E-state index is 12.0. The van der Waals surface area contributed by atoms with Gasteiger partial charge in [-0.15, -0.1) is 6.58 Å². The third-order valence-electron chi connectivity index (χ3n) is 3.01. The maximum atomic E-state index is 12.0. The third kappa shape index (κ3) is 2.12. The molecule has 2 rings (SSSR count). The number of benzene rings is 1. The van der Waals surface area contributed by atoms with Gasteiger partial charge >= 0.3 is 0 Å². The summed E-state index contributed by atoms with van der Waals surface area (Å²) < 4.78 is 0.827. The Labute approximate surface area is 115 Å². The predicted octanol–water partition coefficient (Wildman–Crippen LogP) is 3.25. The highest BCUT2D eigenvalue weighted by Gasteiger charge is 2.36. The van der Waals surface area contributed by atoms with E-state index in [1.165, 1.54) is 0 Å². The number of carbonyl (C=O) groups excluding carboxylic acids is 2. The van der Waals surface area contributed by atoms with Crippen molar-refractivity contribution >= 4 is 33.3 Å². The minimum absolute atomic E-state index is 0.409. The lowest BCUT2D eigenvalue weighted by Gasteiger charge is -2.18. The van der Waals surface area contributed by atoms with Crippen LogP contribution in [0.3, 0.4) is 0 Å². The normalized spacial score (nSPS) is 14.0. The molecule has 4 heteroatoms. The summed E-state index contributed by atoms with van der Waals surface area (Å²) in [6, 6.07) is 3.64. The third-order valence-corrected chi connectivity index (χ3v) is 3.47. The molecule has 0 unspecified atom stereocenters. The molecule has 0 spiro atoms. The molecule has 1 amide bonds. The van der Waals surface area contributed by atoms with Crippen molar-refractivity contribution in [2.24, 2.45) is 0 Å². The molecule has 0 fully saturated rings. The highest BCUT2D eigenvalue weighted by atomic mass is 79.9. The van der Waals surface area contributed by atoms with Gasteiger partial charge < -0.3 is 4.90 Å². The number of Topliss-reactive ketones (excluding diaryl/α,β-unsaturated/α-hetero) is 1. The van der Waals surface area contributed by atoms with Gasteiger partial charge in [-0.1, -0.05) is 22.0 Å². The Morgan fingerprint density at radius 3 is 2.78 bits per heavy atom. The Kier molecular flexibility index (Phi) is 3.66. The zero-order chi connectivity index (χ0) is 13.3. The Hall–Kier alpha value is -1.42. The number of hydrogen-bond acceptors (Lipinski definition) is 2. The van der Waals surface area contributed by atoms with Crippen molar-refractivity contribution in [2.45, 2.75) is 19.8 Å². The molecule has 3 nitrogen and oxygen atoms in total. The molecule has 0 bridgehead atoms. The van der Waals surface area contributed by atoms with Gasteiger partial charge in [0.1, 0.15) is 0 Å². The molecule has 0 saturated heterocycles.